The Morgan fingerprint density at radius 3 is 2.67 bits per heavy atom. The van der Waals surface area contributed by atoms with Gasteiger partial charge in [-0.3, -0.25) is 4.79 Å². The molecule has 1 fully saturated rings. The molecule has 0 atom stereocenters. The number of rotatable bonds is 4. The third kappa shape index (κ3) is 3.01. The molecular formula is C12H13BrN2O3. The molecule has 0 radical (unpaired) electrons. The molecule has 3 N–H and O–H groups in total. The van der Waals surface area contributed by atoms with Gasteiger partial charge in [-0.2, -0.15) is 0 Å². The molecule has 2 rings (SSSR count). The molecule has 1 aliphatic rings. The van der Waals surface area contributed by atoms with Gasteiger partial charge in [0.05, 0.1) is 5.41 Å². The normalized spacial score (nSPS) is 15.8. The Morgan fingerprint density at radius 1 is 1.39 bits per heavy atom. The van der Waals surface area contributed by atoms with Crippen molar-refractivity contribution in [2.24, 2.45) is 5.41 Å². The van der Waals surface area contributed by atoms with Crippen molar-refractivity contribution >= 4 is 33.6 Å². The van der Waals surface area contributed by atoms with Gasteiger partial charge in [0.15, 0.2) is 0 Å². The highest BCUT2D eigenvalue weighted by Crippen LogP contribution is 2.45. The van der Waals surface area contributed by atoms with Gasteiger partial charge in [0.2, 0.25) is 0 Å². The van der Waals surface area contributed by atoms with Crippen LogP contribution in [0, 0.1) is 5.41 Å². The number of halogens is 1. The average molecular weight is 313 g/mol. The van der Waals surface area contributed by atoms with Crippen LogP contribution in [0.25, 0.3) is 0 Å². The molecule has 1 aromatic carbocycles. The Labute approximate surface area is 113 Å². The SMILES string of the molecule is O=C(NCC1(C(=O)O)CC1)Nc1cccc(Br)c1. The second-order valence-electron chi connectivity index (χ2n) is 4.40. The minimum atomic E-state index is -0.842. The summed E-state index contributed by atoms with van der Waals surface area (Å²) >= 11 is 3.30. The third-order valence-electron chi connectivity index (χ3n) is 2.98. The van der Waals surface area contributed by atoms with E-state index in [4.69, 9.17) is 5.11 Å². The van der Waals surface area contributed by atoms with Gasteiger partial charge in [-0.05, 0) is 31.0 Å². The van der Waals surface area contributed by atoms with Crippen molar-refractivity contribution in [1.82, 2.24) is 5.32 Å². The van der Waals surface area contributed by atoms with Gasteiger partial charge in [0.1, 0.15) is 0 Å². The zero-order valence-electron chi connectivity index (χ0n) is 9.57. The van der Waals surface area contributed by atoms with Crippen LogP contribution >= 0.6 is 15.9 Å². The Hall–Kier alpha value is -1.56. The summed E-state index contributed by atoms with van der Waals surface area (Å²) in [4.78, 5) is 22.5. The number of amides is 2. The van der Waals surface area contributed by atoms with Crippen molar-refractivity contribution in [3.63, 3.8) is 0 Å². The van der Waals surface area contributed by atoms with E-state index in [0.29, 0.717) is 18.5 Å². The van der Waals surface area contributed by atoms with Crippen LogP contribution in [0.5, 0.6) is 0 Å². The molecule has 2 amide bonds. The number of carbonyl (C=O) groups excluding carboxylic acids is 1. The summed E-state index contributed by atoms with van der Waals surface area (Å²) in [6.07, 6.45) is 1.25. The van der Waals surface area contributed by atoms with Crippen LogP contribution < -0.4 is 10.6 Å². The van der Waals surface area contributed by atoms with E-state index in [0.717, 1.165) is 4.47 Å². The fourth-order valence-corrected chi connectivity index (χ4v) is 2.01. The lowest BCUT2D eigenvalue weighted by atomic mass is 10.1. The van der Waals surface area contributed by atoms with E-state index in [1.165, 1.54) is 0 Å². The molecule has 0 aliphatic heterocycles. The van der Waals surface area contributed by atoms with Crippen molar-refractivity contribution in [3.8, 4) is 0 Å². The van der Waals surface area contributed by atoms with Gasteiger partial charge in [-0.1, -0.05) is 22.0 Å². The molecule has 5 nitrogen and oxygen atoms in total. The monoisotopic (exact) mass is 312 g/mol. The first-order valence-electron chi connectivity index (χ1n) is 5.56. The molecule has 96 valence electrons. The van der Waals surface area contributed by atoms with E-state index in [-0.39, 0.29) is 12.6 Å². The zero-order valence-corrected chi connectivity index (χ0v) is 11.2. The number of hydrogen-bond donors (Lipinski definition) is 3. The lowest BCUT2D eigenvalue weighted by Gasteiger charge is -2.12. The van der Waals surface area contributed by atoms with Crippen molar-refractivity contribution in [3.05, 3.63) is 28.7 Å². The maximum atomic E-state index is 11.6. The molecule has 0 heterocycles. The van der Waals surface area contributed by atoms with E-state index < -0.39 is 11.4 Å². The Bertz CT molecular complexity index is 486. The molecular weight excluding hydrogens is 300 g/mol. The predicted octanol–water partition coefficient (Wildman–Crippen LogP) is 2.44. The first kappa shape index (κ1) is 12.9. The summed E-state index contributed by atoms with van der Waals surface area (Å²) < 4.78 is 0.865. The van der Waals surface area contributed by atoms with E-state index >= 15 is 0 Å². The fraction of sp³-hybridized carbons (Fsp3) is 0.333. The van der Waals surface area contributed by atoms with Crippen LogP contribution in [0.3, 0.4) is 0 Å². The highest BCUT2D eigenvalue weighted by Gasteiger charge is 2.50. The maximum absolute atomic E-state index is 11.6. The number of benzene rings is 1. The molecule has 0 aromatic heterocycles. The molecule has 1 aromatic rings. The highest BCUT2D eigenvalue weighted by molar-refractivity contribution is 9.10. The summed E-state index contributed by atoms with van der Waals surface area (Å²) in [5, 5.41) is 14.2. The second-order valence-corrected chi connectivity index (χ2v) is 5.32. The Balaban J connectivity index is 1.84. The third-order valence-corrected chi connectivity index (χ3v) is 3.47. The number of aliphatic carboxylic acids is 1. The minimum Gasteiger partial charge on any atom is -0.481 e. The van der Waals surface area contributed by atoms with Gasteiger partial charge in [-0.25, -0.2) is 4.79 Å². The zero-order chi connectivity index (χ0) is 13.2. The summed E-state index contributed by atoms with van der Waals surface area (Å²) in [5.74, 6) is -0.842. The second kappa shape index (κ2) is 4.97. The molecule has 0 bridgehead atoms. The van der Waals surface area contributed by atoms with Crippen LogP contribution in [0.1, 0.15) is 12.8 Å². The molecule has 1 saturated carbocycles. The molecule has 18 heavy (non-hydrogen) atoms. The number of anilines is 1. The molecule has 0 unspecified atom stereocenters. The summed E-state index contributed by atoms with van der Waals surface area (Å²) in [6, 6.07) is 6.80. The smallest absolute Gasteiger partial charge is 0.319 e. The number of hydrogen-bond acceptors (Lipinski definition) is 2. The van der Waals surface area contributed by atoms with Gasteiger partial charge in [0, 0.05) is 16.7 Å². The molecule has 6 heteroatoms. The molecule has 0 spiro atoms. The quantitative estimate of drug-likeness (QED) is 0.799. The average Bonchev–Trinajstić information content (AvgIpc) is 3.07. The minimum absolute atomic E-state index is 0.169. The van der Waals surface area contributed by atoms with E-state index in [9.17, 15) is 9.59 Å². The number of nitrogens with one attached hydrogen (secondary N) is 2. The molecule has 0 saturated heterocycles. The Kier molecular flexibility index (Phi) is 3.56. The van der Waals surface area contributed by atoms with Gasteiger partial charge in [0.25, 0.3) is 0 Å². The van der Waals surface area contributed by atoms with Crippen molar-refractivity contribution in [1.29, 1.82) is 0 Å². The predicted molar refractivity (Wildman–Crippen MR) is 70.5 cm³/mol. The van der Waals surface area contributed by atoms with Gasteiger partial charge >= 0.3 is 12.0 Å². The van der Waals surface area contributed by atoms with Crippen molar-refractivity contribution < 1.29 is 14.7 Å². The number of urea groups is 1. The summed E-state index contributed by atoms with van der Waals surface area (Å²) in [5.41, 5.74) is -0.0868. The number of carbonyl (C=O) groups is 2. The lowest BCUT2D eigenvalue weighted by molar-refractivity contribution is -0.143. The van der Waals surface area contributed by atoms with E-state index in [1.54, 1.807) is 18.2 Å². The maximum Gasteiger partial charge on any atom is 0.319 e. The molecule has 1 aliphatic carbocycles. The summed E-state index contributed by atoms with van der Waals surface area (Å²) in [7, 11) is 0. The van der Waals surface area contributed by atoms with Crippen LogP contribution in [-0.2, 0) is 4.79 Å². The summed E-state index contributed by atoms with van der Waals surface area (Å²) in [6.45, 7) is 0.169. The highest BCUT2D eigenvalue weighted by atomic mass is 79.9. The van der Waals surface area contributed by atoms with Gasteiger partial charge in [-0.15, -0.1) is 0 Å². The van der Waals surface area contributed by atoms with Crippen molar-refractivity contribution in [2.75, 3.05) is 11.9 Å². The lowest BCUT2D eigenvalue weighted by Crippen LogP contribution is -2.36. The Morgan fingerprint density at radius 2 is 2.11 bits per heavy atom. The van der Waals surface area contributed by atoms with Crippen molar-refractivity contribution in [2.45, 2.75) is 12.8 Å². The first-order chi connectivity index (χ1) is 8.52. The number of carboxylic acids is 1. The van der Waals surface area contributed by atoms with E-state index in [1.807, 2.05) is 6.07 Å². The van der Waals surface area contributed by atoms with Crippen LogP contribution in [0.15, 0.2) is 28.7 Å². The topological polar surface area (TPSA) is 78.4 Å². The van der Waals surface area contributed by atoms with Crippen LogP contribution in [-0.4, -0.2) is 23.7 Å². The van der Waals surface area contributed by atoms with Crippen LogP contribution in [0.2, 0.25) is 0 Å². The van der Waals surface area contributed by atoms with Crippen LogP contribution in [0.4, 0.5) is 10.5 Å². The standard InChI is InChI=1S/C12H13BrN2O3/c13-8-2-1-3-9(6-8)15-11(18)14-7-12(4-5-12)10(16)17/h1-3,6H,4-5,7H2,(H,16,17)(H2,14,15,18). The number of carboxylic acid groups (broad SMARTS) is 1. The van der Waals surface area contributed by atoms with Gasteiger partial charge < -0.3 is 15.7 Å². The fourth-order valence-electron chi connectivity index (χ4n) is 1.61. The van der Waals surface area contributed by atoms with E-state index in [2.05, 4.69) is 26.6 Å². The largest absolute Gasteiger partial charge is 0.481 e. The first-order valence-corrected chi connectivity index (χ1v) is 6.35.